The zero-order valence-corrected chi connectivity index (χ0v) is 13.1. The lowest BCUT2D eigenvalue weighted by atomic mass is 10.0. The minimum absolute atomic E-state index is 0.0474. The molecule has 0 amide bonds. The van der Waals surface area contributed by atoms with Crippen LogP contribution >= 0.6 is 0 Å². The number of aryl methyl sites for hydroxylation is 2. The van der Waals surface area contributed by atoms with Crippen LogP contribution < -0.4 is 15.0 Å². The Balaban J connectivity index is 1.99. The van der Waals surface area contributed by atoms with Crippen LogP contribution in [0, 0.1) is 13.8 Å². The Morgan fingerprint density at radius 1 is 1.27 bits per heavy atom. The summed E-state index contributed by atoms with van der Waals surface area (Å²) in [5.41, 5.74) is 3.45. The smallest absolute Gasteiger partial charge is 0.261 e. The Morgan fingerprint density at radius 2 is 2.09 bits per heavy atom. The molecular formula is C18H19NO3. The molecule has 1 aliphatic heterocycles. The molecule has 0 N–H and O–H groups in total. The molecule has 0 atom stereocenters. The monoisotopic (exact) mass is 297 g/mol. The van der Waals surface area contributed by atoms with Crippen molar-refractivity contribution in [1.82, 2.24) is 4.57 Å². The number of pyridine rings is 1. The molecule has 0 fully saturated rings. The minimum Gasteiger partial charge on any atom is -0.492 e. The molecule has 0 aliphatic carbocycles. The maximum Gasteiger partial charge on any atom is 0.261 e. The molecule has 1 aromatic carbocycles. The molecule has 22 heavy (non-hydrogen) atoms. The van der Waals surface area contributed by atoms with Crippen LogP contribution in [-0.4, -0.2) is 11.2 Å². The third-order valence-corrected chi connectivity index (χ3v) is 3.91. The Labute approximate surface area is 129 Å². The predicted molar refractivity (Wildman–Crippen MR) is 86.3 cm³/mol. The van der Waals surface area contributed by atoms with Gasteiger partial charge in [0.25, 0.3) is 5.56 Å². The second-order valence-electron chi connectivity index (χ2n) is 5.57. The second-order valence-corrected chi connectivity index (χ2v) is 5.57. The summed E-state index contributed by atoms with van der Waals surface area (Å²) in [6.45, 7) is 4.47. The van der Waals surface area contributed by atoms with Crippen molar-refractivity contribution in [2.75, 3.05) is 6.61 Å². The normalized spacial score (nSPS) is 15.3. The largest absolute Gasteiger partial charge is 0.492 e. The molecule has 0 spiro atoms. The van der Waals surface area contributed by atoms with Gasteiger partial charge in [-0.1, -0.05) is 12.1 Å². The average Bonchev–Trinajstić information content (AvgIpc) is 2.50. The van der Waals surface area contributed by atoms with Gasteiger partial charge in [0, 0.05) is 30.8 Å². The molecular weight excluding hydrogens is 278 g/mol. The van der Waals surface area contributed by atoms with E-state index in [2.05, 4.69) is 0 Å². The van der Waals surface area contributed by atoms with E-state index < -0.39 is 0 Å². The van der Waals surface area contributed by atoms with Crippen LogP contribution in [0.4, 0.5) is 0 Å². The molecule has 4 heteroatoms. The standard InChI is InChI=1S/C18H19NO3/c1-12-5-4-6-15(9-12)22-11-14-7-8-21-16-10-13(2)19(3)18(20)17(14)16/h4-6,9-11H,7-8H2,1-3H3/b14-11+. The zero-order chi connectivity index (χ0) is 15.7. The highest BCUT2D eigenvalue weighted by molar-refractivity contribution is 5.71. The summed E-state index contributed by atoms with van der Waals surface area (Å²) in [4.78, 5) is 12.5. The fraction of sp³-hybridized carbons (Fsp3) is 0.278. The third-order valence-electron chi connectivity index (χ3n) is 3.91. The van der Waals surface area contributed by atoms with Crippen molar-refractivity contribution < 1.29 is 9.47 Å². The van der Waals surface area contributed by atoms with E-state index in [9.17, 15) is 4.79 Å². The highest BCUT2D eigenvalue weighted by atomic mass is 16.5. The Hall–Kier alpha value is -2.49. The van der Waals surface area contributed by atoms with E-state index >= 15 is 0 Å². The van der Waals surface area contributed by atoms with Gasteiger partial charge in [0.1, 0.15) is 11.5 Å². The maximum absolute atomic E-state index is 12.5. The van der Waals surface area contributed by atoms with Crippen LogP contribution in [0.15, 0.2) is 41.4 Å². The lowest BCUT2D eigenvalue weighted by Crippen LogP contribution is -2.26. The van der Waals surface area contributed by atoms with E-state index in [4.69, 9.17) is 9.47 Å². The Bertz CT molecular complexity index is 802. The van der Waals surface area contributed by atoms with Crippen molar-refractivity contribution in [2.24, 2.45) is 7.05 Å². The molecule has 2 heterocycles. The Morgan fingerprint density at radius 3 is 2.86 bits per heavy atom. The lowest BCUT2D eigenvalue weighted by Gasteiger charge is -2.21. The molecule has 1 aromatic heterocycles. The van der Waals surface area contributed by atoms with Gasteiger partial charge in [-0.2, -0.15) is 0 Å². The fourth-order valence-corrected chi connectivity index (χ4v) is 2.54. The molecule has 114 valence electrons. The van der Waals surface area contributed by atoms with Gasteiger partial charge in [0.2, 0.25) is 0 Å². The quantitative estimate of drug-likeness (QED) is 0.799. The second kappa shape index (κ2) is 5.72. The van der Waals surface area contributed by atoms with E-state index in [1.165, 1.54) is 0 Å². The van der Waals surface area contributed by atoms with Crippen LogP contribution in [0.2, 0.25) is 0 Å². The van der Waals surface area contributed by atoms with Crippen molar-refractivity contribution in [2.45, 2.75) is 20.3 Å². The van der Waals surface area contributed by atoms with Gasteiger partial charge in [-0.25, -0.2) is 0 Å². The number of benzene rings is 1. The summed E-state index contributed by atoms with van der Waals surface area (Å²) >= 11 is 0. The lowest BCUT2D eigenvalue weighted by molar-refractivity contribution is 0.312. The van der Waals surface area contributed by atoms with E-state index in [1.54, 1.807) is 17.9 Å². The van der Waals surface area contributed by atoms with Crippen molar-refractivity contribution in [3.05, 3.63) is 63.8 Å². The summed E-state index contributed by atoms with van der Waals surface area (Å²) in [5.74, 6) is 1.41. The van der Waals surface area contributed by atoms with Gasteiger partial charge in [0.15, 0.2) is 0 Å². The van der Waals surface area contributed by atoms with Crippen molar-refractivity contribution in [1.29, 1.82) is 0 Å². The molecule has 0 radical (unpaired) electrons. The maximum atomic E-state index is 12.5. The van der Waals surface area contributed by atoms with Crippen molar-refractivity contribution >= 4 is 5.57 Å². The Kier molecular flexibility index (Phi) is 3.75. The van der Waals surface area contributed by atoms with E-state index in [1.807, 2.05) is 44.2 Å². The SMILES string of the molecule is Cc1cccc(O/C=C2\CCOc3cc(C)n(C)c(=O)c32)c1. The minimum atomic E-state index is -0.0474. The number of ether oxygens (including phenoxy) is 2. The fourth-order valence-electron chi connectivity index (χ4n) is 2.54. The van der Waals surface area contributed by atoms with Gasteiger partial charge in [0.05, 0.1) is 18.4 Å². The molecule has 1 aliphatic rings. The van der Waals surface area contributed by atoms with Crippen LogP contribution in [0.25, 0.3) is 5.57 Å². The first-order valence-electron chi connectivity index (χ1n) is 7.32. The summed E-state index contributed by atoms with van der Waals surface area (Å²) in [6, 6.07) is 9.73. The molecule has 0 bridgehead atoms. The first-order valence-corrected chi connectivity index (χ1v) is 7.32. The highest BCUT2D eigenvalue weighted by Gasteiger charge is 2.21. The number of rotatable bonds is 2. The molecule has 0 saturated heterocycles. The van der Waals surface area contributed by atoms with Crippen LogP contribution in [0.1, 0.15) is 23.2 Å². The van der Waals surface area contributed by atoms with Crippen LogP contribution in [0.3, 0.4) is 0 Å². The van der Waals surface area contributed by atoms with Crippen molar-refractivity contribution in [3.8, 4) is 11.5 Å². The topological polar surface area (TPSA) is 40.5 Å². The van der Waals surface area contributed by atoms with Crippen LogP contribution in [-0.2, 0) is 7.05 Å². The van der Waals surface area contributed by atoms with Gasteiger partial charge in [-0.15, -0.1) is 0 Å². The zero-order valence-electron chi connectivity index (χ0n) is 13.1. The van der Waals surface area contributed by atoms with Crippen molar-refractivity contribution in [3.63, 3.8) is 0 Å². The van der Waals surface area contributed by atoms with E-state index in [-0.39, 0.29) is 5.56 Å². The third kappa shape index (κ3) is 2.64. The van der Waals surface area contributed by atoms with Crippen LogP contribution in [0.5, 0.6) is 11.5 Å². The first kappa shape index (κ1) is 14.4. The number of fused-ring (bicyclic) bond motifs is 1. The molecule has 3 rings (SSSR count). The van der Waals surface area contributed by atoms with E-state index in [0.717, 1.165) is 22.6 Å². The molecule has 0 unspecified atom stereocenters. The summed E-state index contributed by atoms with van der Waals surface area (Å²) < 4.78 is 13.0. The number of aromatic nitrogens is 1. The number of nitrogens with zero attached hydrogens (tertiary/aromatic N) is 1. The molecule has 2 aromatic rings. The molecule has 0 saturated carbocycles. The van der Waals surface area contributed by atoms with Gasteiger partial charge < -0.3 is 14.0 Å². The number of hydrogen-bond acceptors (Lipinski definition) is 3. The predicted octanol–water partition coefficient (Wildman–Crippen LogP) is 3.20. The average molecular weight is 297 g/mol. The van der Waals surface area contributed by atoms with Gasteiger partial charge in [-0.05, 0) is 31.5 Å². The van der Waals surface area contributed by atoms with Gasteiger partial charge in [-0.3, -0.25) is 4.79 Å². The van der Waals surface area contributed by atoms with Gasteiger partial charge >= 0.3 is 0 Å². The number of hydrogen-bond donors (Lipinski definition) is 0. The first-order chi connectivity index (χ1) is 10.6. The highest BCUT2D eigenvalue weighted by Crippen LogP contribution is 2.31. The van der Waals surface area contributed by atoms with E-state index in [0.29, 0.717) is 24.3 Å². The molecule has 4 nitrogen and oxygen atoms in total. The summed E-state index contributed by atoms with van der Waals surface area (Å²) in [6.07, 6.45) is 2.34. The summed E-state index contributed by atoms with van der Waals surface area (Å²) in [5, 5.41) is 0. The summed E-state index contributed by atoms with van der Waals surface area (Å²) in [7, 11) is 1.77.